The molecule has 1 radical (unpaired) electrons. The molecule has 0 aliphatic heterocycles. The maximum absolute atomic E-state index is 2.40. The summed E-state index contributed by atoms with van der Waals surface area (Å²) >= 11 is 0. The van der Waals surface area contributed by atoms with Gasteiger partial charge in [0.25, 0.3) is 0 Å². The molecule has 0 amide bonds. The molecule has 0 N–H and O–H groups in total. The summed E-state index contributed by atoms with van der Waals surface area (Å²) in [6.07, 6.45) is 28.9. The van der Waals surface area contributed by atoms with Crippen molar-refractivity contribution in [3.05, 3.63) is 5.92 Å². The Hall–Kier alpha value is 0. The van der Waals surface area contributed by atoms with E-state index in [0.717, 1.165) is 0 Å². The van der Waals surface area contributed by atoms with Crippen LogP contribution >= 0.6 is 0 Å². The molecule has 0 aliphatic rings. The Morgan fingerprint density at radius 2 is 0.625 bits per heavy atom. The van der Waals surface area contributed by atoms with Gasteiger partial charge in [-0.2, -0.15) is 0 Å². The lowest BCUT2D eigenvalue weighted by atomic mass is 9.95. The van der Waals surface area contributed by atoms with Gasteiger partial charge in [-0.1, -0.05) is 136 Å². The van der Waals surface area contributed by atoms with Crippen LogP contribution in [0.5, 0.6) is 0 Å². The lowest BCUT2D eigenvalue weighted by Crippen LogP contribution is -1.93. The molecule has 0 aliphatic carbocycles. The van der Waals surface area contributed by atoms with Gasteiger partial charge in [0.2, 0.25) is 0 Å². The zero-order valence-corrected chi connectivity index (χ0v) is 17.6. The van der Waals surface area contributed by atoms with Crippen molar-refractivity contribution in [3.63, 3.8) is 0 Å². The molecule has 0 bridgehead atoms. The minimum absolute atomic E-state index is 1.37. The topological polar surface area (TPSA) is 0 Å². The van der Waals surface area contributed by atoms with E-state index in [-0.39, 0.29) is 0 Å². The summed E-state index contributed by atoms with van der Waals surface area (Å²) in [6.45, 7) is 7.00. The number of unbranched alkanes of at least 4 members (excludes halogenated alkanes) is 16. The molecule has 0 aromatic rings. The number of hydrogen-bond acceptors (Lipinski definition) is 0. The quantitative estimate of drug-likeness (QED) is 0.194. The predicted octanol–water partition coefficient (Wildman–Crippen LogP) is 9.42. The standard InChI is InChI=1S/C24H49/c1-4-6-8-10-12-14-15-17-19-21-23-24(3)22-20-18-16-13-11-9-7-5-2/h4-23H2,1-3H3. The van der Waals surface area contributed by atoms with Crippen molar-refractivity contribution in [2.24, 2.45) is 0 Å². The average molecular weight is 338 g/mol. The summed E-state index contributed by atoms with van der Waals surface area (Å²) < 4.78 is 0. The highest BCUT2D eigenvalue weighted by atomic mass is 14.1. The van der Waals surface area contributed by atoms with E-state index >= 15 is 0 Å². The van der Waals surface area contributed by atoms with Crippen LogP contribution in [0.15, 0.2) is 0 Å². The minimum atomic E-state index is 1.37. The van der Waals surface area contributed by atoms with Gasteiger partial charge in [-0.3, -0.25) is 0 Å². The maximum atomic E-state index is 2.40. The van der Waals surface area contributed by atoms with Crippen molar-refractivity contribution >= 4 is 0 Å². The fraction of sp³-hybridized carbons (Fsp3) is 0.958. The highest BCUT2D eigenvalue weighted by molar-refractivity contribution is 4.83. The Morgan fingerprint density at radius 1 is 0.375 bits per heavy atom. The van der Waals surface area contributed by atoms with Crippen LogP contribution in [-0.2, 0) is 0 Å². The van der Waals surface area contributed by atoms with Crippen LogP contribution in [0.4, 0.5) is 0 Å². The molecule has 0 nitrogen and oxygen atoms in total. The molecule has 0 unspecified atom stereocenters. The molecule has 0 spiro atoms. The molecule has 0 aromatic heterocycles. The van der Waals surface area contributed by atoms with E-state index in [2.05, 4.69) is 20.8 Å². The van der Waals surface area contributed by atoms with E-state index in [1.165, 1.54) is 128 Å². The first-order valence-corrected chi connectivity index (χ1v) is 11.6. The highest BCUT2D eigenvalue weighted by Crippen LogP contribution is 2.20. The van der Waals surface area contributed by atoms with E-state index in [0.29, 0.717) is 0 Å². The van der Waals surface area contributed by atoms with Gasteiger partial charge in [0, 0.05) is 0 Å². The van der Waals surface area contributed by atoms with Crippen LogP contribution < -0.4 is 0 Å². The SMILES string of the molecule is CCCCCCCCCCCC[C](C)CCCCCCCCCC. The van der Waals surface area contributed by atoms with Crippen molar-refractivity contribution in [3.8, 4) is 0 Å². The smallest absolute Gasteiger partial charge is 0.0272 e. The molecular weight excluding hydrogens is 288 g/mol. The third-order valence-electron chi connectivity index (χ3n) is 5.41. The fourth-order valence-corrected chi connectivity index (χ4v) is 3.60. The van der Waals surface area contributed by atoms with Gasteiger partial charge in [0.05, 0.1) is 0 Å². The van der Waals surface area contributed by atoms with E-state index in [1.54, 1.807) is 5.92 Å². The van der Waals surface area contributed by atoms with Crippen molar-refractivity contribution in [1.29, 1.82) is 0 Å². The molecular formula is C24H49. The summed E-state index contributed by atoms with van der Waals surface area (Å²) in [5.41, 5.74) is 0. The molecule has 0 saturated carbocycles. The molecule has 0 aromatic carbocycles. The summed E-state index contributed by atoms with van der Waals surface area (Å²) in [4.78, 5) is 0. The summed E-state index contributed by atoms with van der Waals surface area (Å²) in [5.74, 6) is 1.76. The third kappa shape index (κ3) is 20.0. The van der Waals surface area contributed by atoms with Crippen molar-refractivity contribution in [1.82, 2.24) is 0 Å². The normalized spacial score (nSPS) is 11.5. The second-order valence-corrected chi connectivity index (χ2v) is 8.11. The Morgan fingerprint density at radius 3 is 0.917 bits per heavy atom. The van der Waals surface area contributed by atoms with E-state index in [4.69, 9.17) is 0 Å². The van der Waals surface area contributed by atoms with Gasteiger partial charge in [0.15, 0.2) is 0 Å². The molecule has 0 heterocycles. The molecule has 0 fully saturated rings. The Kier molecular flexibility index (Phi) is 21.0. The molecule has 0 heteroatoms. The summed E-state index contributed by atoms with van der Waals surface area (Å²) in [5, 5.41) is 0. The Labute approximate surface area is 155 Å². The largest absolute Gasteiger partial charge is 0.0654 e. The van der Waals surface area contributed by atoms with Crippen molar-refractivity contribution < 1.29 is 0 Å². The van der Waals surface area contributed by atoms with Gasteiger partial charge in [-0.05, 0) is 18.8 Å². The molecule has 0 atom stereocenters. The highest BCUT2D eigenvalue weighted by Gasteiger charge is 2.02. The maximum Gasteiger partial charge on any atom is -0.0272 e. The predicted molar refractivity (Wildman–Crippen MR) is 113 cm³/mol. The molecule has 24 heavy (non-hydrogen) atoms. The Balaban J connectivity index is 3.11. The van der Waals surface area contributed by atoms with Crippen LogP contribution in [0.3, 0.4) is 0 Å². The summed E-state index contributed by atoms with van der Waals surface area (Å²) in [6, 6.07) is 0. The second-order valence-electron chi connectivity index (χ2n) is 8.11. The van der Waals surface area contributed by atoms with Crippen LogP contribution in [-0.4, -0.2) is 0 Å². The minimum Gasteiger partial charge on any atom is -0.0654 e. The Bertz CT molecular complexity index is 208. The number of hydrogen-bond donors (Lipinski definition) is 0. The van der Waals surface area contributed by atoms with Crippen LogP contribution in [0.2, 0.25) is 0 Å². The van der Waals surface area contributed by atoms with Gasteiger partial charge < -0.3 is 0 Å². The summed E-state index contributed by atoms with van der Waals surface area (Å²) in [7, 11) is 0. The zero-order valence-electron chi connectivity index (χ0n) is 17.6. The number of rotatable bonds is 20. The third-order valence-corrected chi connectivity index (χ3v) is 5.41. The van der Waals surface area contributed by atoms with E-state index in [1.807, 2.05) is 0 Å². The lowest BCUT2D eigenvalue weighted by Gasteiger charge is -2.10. The fourth-order valence-electron chi connectivity index (χ4n) is 3.60. The zero-order chi connectivity index (χ0) is 17.7. The van der Waals surface area contributed by atoms with Gasteiger partial charge >= 0.3 is 0 Å². The van der Waals surface area contributed by atoms with Crippen molar-refractivity contribution in [2.75, 3.05) is 0 Å². The van der Waals surface area contributed by atoms with Crippen LogP contribution in [0, 0.1) is 5.92 Å². The van der Waals surface area contributed by atoms with E-state index < -0.39 is 0 Å². The first-order chi connectivity index (χ1) is 11.8. The van der Waals surface area contributed by atoms with Crippen LogP contribution in [0.1, 0.15) is 149 Å². The van der Waals surface area contributed by atoms with Gasteiger partial charge in [-0.25, -0.2) is 0 Å². The first kappa shape index (κ1) is 24.0. The second kappa shape index (κ2) is 21.0. The molecule has 0 rings (SSSR count). The van der Waals surface area contributed by atoms with Gasteiger partial charge in [-0.15, -0.1) is 0 Å². The van der Waals surface area contributed by atoms with E-state index in [9.17, 15) is 0 Å². The average Bonchev–Trinajstić information content (AvgIpc) is 2.59. The lowest BCUT2D eigenvalue weighted by molar-refractivity contribution is 0.535. The monoisotopic (exact) mass is 337 g/mol. The molecule has 145 valence electrons. The van der Waals surface area contributed by atoms with Crippen LogP contribution in [0.25, 0.3) is 0 Å². The van der Waals surface area contributed by atoms with Gasteiger partial charge in [0.1, 0.15) is 0 Å². The molecule has 0 saturated heterocycles. The van der Waals surface area contributed by atoms with Crippen molar-refractivity contribution in [2.45, 2.75) is 149 Å². The first-order valence-electron chi connectivity index (χ1n) is 11.6.